The zero-order valence-corrected chi connectivity index (χ0v) is 30.2. The molecule has 55 heavy (non-hydrogen) atoms. The van der Waals surface area contributed by atoms with E-state index in [2.05, 4.69) is 31.1 Å². The molecule has 8 rings (SSSR count). The highest BCUT2D eigenvalue weighted by Crippen LogP contribution is 2.29. The van der Waals surface area contributed by atoms with Gasteiger partial charge < -0.3 is 9.84 Å². The Labute approximate surface area is 359 Å². The van der Waals surface area contributed by atoms with Crippen LogP contribution in [0.4, 0.5) is 0 Å². The third-order valence-electron chi connectivity index (χ3n) is 8.19. The van der Waals surface area contributed by atoms with Crippen LogP contribution in [-0.4, -0.2) is 69.6 Å². The molecular weight excluding hydrogens is 716 g/mol. The van der Waals surface area contributed by atoms with E-state index in [0.717, 1.165) is 22.3 Å². The van der Waals surface area contributed by atoms with Gasteiger partial charge in [-0.15, -0.1) is 21.8 Å². The van der Waals surface area contributed by atoms with E-state index in [-0.39, 0.29) is 48.4 Å². The molecule has 2 aromatic carbocycles. The summed E-state index contributed by atoms with van der Waals surface area (Å²) in [7, 11) is 0. The maximum absolute atomic E-state index is 11.5. The molecule has 292 valence electrons. The molecule has 2 heterocycles. The van der Waals surface area contributed by atoms with Crippen LogP contribution in [0.15, 0.2) is 48.6 Å². The van der Waals surface area contributed by atoms with Gasteiger partial charge in [-0.1, -0.05) is 62.5 Å². The molecule has 12 nitrogen and oxygen atoms in total. The Kier molecular flexibility index (Phi) is 7.74. The van der Waals surface area contributed by atoms with Crippen LogP contribution in [0.25, 0.3) is 12.2 Å². The number of aromatic hydroxyl groups is 1. The zero-order chi connectivity index (χ0) is 58.0. The molecule has 0 atom stereocenters. The number of phenols is 1. The van der Waals surface area contributed by atoms with Crippen molar-refractivity contribution in [2.45, 2.75) is 127 Å². The van der Waals surface area contributed by atoms with E-state index in [0.29, 0.717) is 59.5 Å². The monoisotopic (exact) mass is 791 g/mol. The fourth-order valence-electron chi connectivity index (χ4n) is 5.46. The Morgan fingerprint density at radius 2 is 1.24 bits per heavy atom. The highest BCUT2D eigenvalue weighted by Gasteiger charge is 2.21. The second kappa shape index (κ2) is 20.8. The lowest BCUT2D eigenvalue weighted by molar-refractivity contribution is -0.114. The Bertz CT molecular complexity index is 2870. The minimum Gasteiger partial charge on any atom is -0.508 e. The molecule has 2 saturated carbocycles. The topological polar surface area (TPSA) is 151 Å². The summed E-state index contributed by atoms with van der Waals surface area (Å²) in [5.74, 6) is 0.993. The van der Waals surface area contributed by atoms with Crippen molar-refractivity contribution in [3.8, 4) is 11.5 Å². The molecule has 4 aromatic rings. The van der Waals surface area contributed by atoms with Crippen molar-refractivity contribution >= 4 is 35.3 Å². The molecule has 0 radical (unpaired) electrons. The number of carbonyl (C=O) groups excluding carboxylic acids is 2. The SMILES string of the molecule is O=C1C=Cc2cc(O)ccc2C1.[2H]C1([2H])C([2H])([2H])C([2H])([2H])C([2H])(n2nnnc2CCCCCl)C([2H])([2H])C1([2H])[2H].[2H]C1([2H])C([2H])([2H])C([2H])([2H])C([2H])(n2nnnc2CCCCOc2ccc3c(c2)C=CC(=O)C3)C([2H])([2H])C1([2H])[2H]. The molecule has 0 spiro atoms. The van der Waals surface area contributed by atoms with Gasteiger partial charge in [0, 0.05) is 59.0 Å². The summed E-state index contributed by atoms with van der Waals surface area (Å²) in [6.45, 7) is 0.266. The second-order valence-electron chi connectivity index (χ2n) is 12.1. The van der Waals surface area contributed by atoms with Gasteiger partial charge in [-0.3, -0.25) is 9.59 Å². The molecule has 4 aliphatic carbocycles. The number of allylic oxidation sites excluding steroid dienone is 2. The molecule has 1 N–H and O–H groups in total. The van der Waals surface area contributed by atoms with Gasteiger partial charge in [0.1, 0.15) is 11.5 Å². The Balaban J connectivity index is 0.000000212. The lowest BCUT2D eigenvalue weighted by atomic mass is 9.95. The van der Waals surface area contributed by atoms with Gasteiger partial charge in [-0.25, -0.2) is 9.36 Å². The number of ether oxygens (including phenoxy) is 1. The van der Waals surface area contributed by atoms with Crippen molar-refractivity contribution in [1.82, 2.24) is 40.4 Å². The number of tetrazole rings is 2. The Morgan fingerprint density at radius 1 is 0.709 bits per heavy atom. The van der Waals surface area contributed by atoms with Crippen molar-refractivity contribution < 1.29 is 49.6 Å². The predicted molar refractivity (Wildman–Crippen MR) is 212 cm³/mol. The lowest BCUT2D eigenvalue weighted by Crippen LogP contribution is -2.17. The maximum Gasteiger partial charge on any atom is 0.160 e. The summed E-state index contributed by atoms with van der Waals surface area (Å²) in [4.78, 5) is 22.5. The number of phenolic OH excluding ortho intramolecular Hbond substituents is 1. The molecule has 0 bridgehead atoms. The number of alkyl halides is 1. The number of benzene rings is 2. The predicted octanol–water partition coefficient (Wildman–Crippen LogP) is 7.99. The average Bonchev–Trinajstić information content (AvgIpc) is 4.07. The third-order valence-corrected chi connectivity index (χ3v) is 8.45. The van der Waals surface area contributed by atoms with Crippen molar-refractivity contribution in [2.75, 3.05) is 12.5 Å². The Morgan fingerprint density at radius 3 is 1.80 bits per heavy atom. The number of carbonyl (C=O) groups is 2. The average molecular weight is 792 g/mol. The molecule has 0 aliphatic heterocycles. The van der Waals surface area contributed by atoms with Crippen molar-refractivity contribution in [1.29, 1.82) is 0 Å². The van der Waals surface area contributed by atoms with E-state index < -0.39 is 75.8 Å². The second-order valence-corrected chi connectivity index (χ2v) is 12.5. The Hall–Kier alpha value is -4.71. The van der Waals surface area contributed by atoms with Crippen molar-refractivity contribution in [3.63, 3.8) is 0 Å². The molecule has 0 saturated heterocycles. The van der Waals surface area contributed by atoms with Crippen LogP contribution in [0.2, 0.25) is 0 Å². The molecule has 0 unspecified atom stereocenters. The number of hydrogen-bond donors (Lipinski definition) is 1. The van der Waals surface area contributed by atoms with E-state index in [1.165, 1.54) is 6.08 Å². The van der Waals surface area contributed by atoms with Gasteiger partial charge in [-0.2, -0.15) is 0 Å². The minimum atomic E-state index is -3.62. The molecule has 0 amide bonds. The molecule has 2 fully saturated rings. The van der Waals surface area contributed by atoms with Crippen LogP contribution in [-0.2, 0) is 35.3 Å². The first-order valence-corrected chi connectivity index (χ1v) is 17.9. The smallest absolute Gasteiger partial charge is 0.160 e. The number of aryl methyl sites for hydroxylation is 2. The molecular formula is C42H53ClN8O4. The number of aromatic nitrogens is 8. The van der Waals surface area contributed by atoms with E-state index in [1.807, 2.05) is 12.1 Å². The number of nitrogens with zero attached hydrogens (tertiary/aromatic N) is 8. The molecule has 2 aromatic heterocycles. The first kappa shape index (κ1) is 20.5. The lowest BCUT2D eigenvalue weighted by Gasteiger charge is -2.22. The fourth-order valence-corrected chi connectivity index (χ4v) is 5.65. The summed E-state index contributed by atoms with van der Waals surface area (Å²) in [6.07, 6.45) is -26.7. The van der Waals surface area contributed by atoms with Gasteiger partial charge in [0.15, 0.2) is 23.2 Å². The number of rotatable bonds is 12. The number of fused-ring (bicyclic) bond motifs is 2. The fraction of sp³-hybridized carbons (Fsp3) is 0.524. The van der Waals surface area contributed by atoms with Crippen LogP contribution >= 0.6 is 11.6 Å². The highest BCUT2D eigenvalue weighted by molar-refractivity contribution is 6.17. The number of unbranched alkanes of at least 4 members (excludes halogenated alkanes) is 2. The summed E-state index contributed by atoms with van der Waals surface area (Å²) in [5.41, 5.74) is 3.72. The minimum absolute atomic E-state index is 0.0110. The van der Waals surface area contributed by atoms with Crippen LogP contribution in [0, 0.1) is 0 Å². The van der Waals surface area contributed by atoms with Crippen LogP contribution in [0.3, 0.4) is 0 Å². The molecule has 4 aliphatic rings. The first-order valence-electron chi connectivity index (χ1n) is 28.4. The molecule has 13 heteroatoms. The van der Waals surface area contributed by atoms with Crippen LogP contribution in [0.5, 0.6) is 11.5 Å². The van der Waals surface area contributed by atoms with Crippen LogP contribution in [0.1, 0.15) is 166 Å². The van der Waals surface area contributed by atoms with Gasteiger partial charge in [0.2, 0.25) is 0 Å². The summed E-state index contributed by atoms with van der Waals surface area (Å²) < 4.78 is 186. The normalized spacial score (nSPS) is 33.0. The third kappa shape index (κ3) is 11.9. The first-order chi connectivity index (χ1) is 35.2. The van der Waals surface area contributed by atoms with Crippen LogP contribution < -0.4 is 4.74 Å². The van der Waals surface area contributed by atoms with E-state index in [1.54, 1.807) is 42.5 Å². The van der Waals surface area contributed by atoms with E-state index >= 15 is 0 Å². The summed E-state index contributed by atoms with van der Waals surface area (Å²) in [6, 6.07) is 3.74. The summed E-state index contributed by atoms with van der Waals surface area (Å²) in [5, 5.41) is 30.3. The standard InChI is InChI=1S/C21H26N4O2.C11H19ClN4.C10H8O2/c26-19-11-9-17-15-20(12-10-16(17)14-19)27-13-5-4-8-21-22-23-24-25(21)18-6-2-1-3-7-18;12-9-5-4-8-11-13-14-15-16(11)10-6-2-1-3-7-10;11-9-3-1-7-5-10(12)4-2-8(7)6-9/h9-12,15,18H,1-8,13-14H2;10H,1-9H2;1-5,12H,6H2/i1D2,2D2,3D2,6D2,7D2,18D;1D2,2D2,3D2,6D2,7D2,10D;. The van der Waals surface area contributed by atoms with E-state index in [9.17, 15) is 9.59 Å². The van der Waals surface area contributed by atoms with Gasteiger partial charge in [-0.05, 0) is 131 Å². The van der Waals surface area contributed by atoms with Gasteiger partial charge in [0.25, 0.3) is 0 Å². The largest absolute Gasteiger partial charge is 0.508 e. The number of hydrogen-bond acceptors (Lipinski definition) is 10. The maximum atomic E-state index is 11.5. The van der Waals surface area contributed by atoms with Crippen molar-refractivity contribution in [3.05, 3.63) is 82.5 Å². The number of halogens is 1. The van der Waals surface area contributed by atoms with E-state index in [4.69, 9.17) is 51.6 Å². The van der Waals surface area contributed by atoms with Gasteiger partial charge in [0.05, 0.1) is 21.4 Å². The quantitative estimate of drug-likeness (QED) is 0.111. The van der Waals surface area contributed by atoms with Gasteiger partial charge >= 0.3 is 0 Å². The van der Waals surface area contributed by atoms with Crippen molar-refractivity contribution in [2.24, 2.45) is 0 Å². The number of ketones is 2. The zero-order valence-electron chi connectivity index (χ0n) is 51.5. The summed E-state index contributed by atoms with van der Waals surface area (Å²) >= 11 is 5.60. The highest BCUT2D eigenvalue weighted by atomic mass is 35.5.